The van der Waals surface area contributed by atoms with Crippen LogP contribution in [0.25, 0.3) is 0 Å². The minimum atomic E-state index is -4.43. The van der Waals surface area contributed by atoms with Crippen molar-refractivity contribution >= 4 is 55.1 Å². The van der Waals surface area contributed by atoms with E-state index in [9.17, 15) is 18.0 Å². The number of sulfonamides is 1. The number of nitrogens with one attached hydrogen (secondary N) is 1. The van der Waals surface area contributed by atoms with Crippen molar-refractivity contribution in [1.29, 1.82) is 0 Å². The molecule has 3 aromatic rings. The second kappa shape index (κ2) is 15.3. The summed E-state index contributed by atoms with van der Waals surface area (Å²) in [6.07, 6.45) is 0.712. The van der Waals surface area contributed by atoms with Crippen molar-refractivity contribution in [3.05, 3.63) is 75.7 Å². The maximum atomic E-state index is 14.3. The number of carbonyl (C=O) groups is 2. The van der Waals surface area contributed by atoms with Gasteiger partial charge in [-0.2, -0.15) is 0 Å². The average molecular weight is 697 g/mol. The molecular weight excluding hydrogens is 662 g/mol. The third-order valence-corrected chi connectivity index (χ3v) is 9.07. The molecule has 0 aliphatic rings. The topological polar surface area (TPSA) is 114 Å². The van der Waals surface area contributed by atoms with E-state index in [1.165, 1.54) is 56.6 Å². The number of benzene rings is 3. The Bertz CT molecular complexity index is 1550. The van der Waals surface area contributed by atoms with Gasteiger partial charge in [0.15, 0.2) is 11.5 Å². The number of rotatable bonds is 14. The summed E-state index contributed by atoms with van der Waals surface area (Å²) in [5, 5.41) is 3.05. The first-order valence-corrected chi connectivity index (χ1v) is 16.0. The van der Waals surface area contributed by atoms with Crippen molar-refractivity contribution in [3.63, 3.8) is 0 Å². The lowest BCUT2D eigenvalue weighted by atomic mass is 10.1. The lowest BCUT2D eigenvalue weighted by Crippen LogP contribution is -2.51. The summed E-state index contributed by atoms with van der Waals surface area (Å²) in [6, 6.07) is 15.0. The lowest BCUT2D eigenvalue weighted by Gasteiger charge is -2.32. The first kappa shape index (κ1) is 34.0. The summed E-state index contributed by atoms with van der Waals surface area (Å²) in [5.74, 6) is -0.291. The molecule has 10 nitrogen and oxygen atoms in total. The van der Waals surface area contributed by atoms with E-state index in [2.05, 4.69) is 21.2 Å². The quantitative estimate of drug-likeness (QED) is 0.245. The maximum absolute atomic E-state index is 14.3. The normalized spacial score (nSPS) is 11.8. The van der Waals surface area contributed by atoms with Crippen LogP contribution < -0.4 is 23.8 Å². The smallest absolute Gasteiger partial charge is 0.265 e. The van der Waals surface area contributed by atoms with Crippen LogP contribution in [-0.4, -0.2) is 65.6 Å². The van der Waals surface area contributed by atoms with Crippen LogP contribution >= 0.6 is 27.5 Å². The van der Waals surface area contributed by atoms with Crippen LogP contribution in [0.4, 0.5) is 5.69 Å². The zero-order valence-electron chi connectivity index (χ0n) is 24.6. The molecule has 1 N–H and O–H groups in total. The Hall–Kier alpha value is -3.48. The number of amides is 2. The molecule has 2 amide bonds. The molecule has 3 rings (SSSR count). The lowest BCUT2D eigenvalue weighted by molar-refractivity contribution is -0.139. The number of halogens is 2. The number of ether oxygens (including phenoxy) is 3. The Labute approximate surface area is 266 Å². The average Bonchev–Trinajstić information content (AvgIpc) is 3.00. The van der Waals surface area contributed by atoms with Crippen LogP contribution in [-0.2, 0) is 26.2 Å². The van der Waals surface area contributed by atoms with Gasteiger partial charge in [-0.1, -0.05) is 46.6 Å². The first-order valence-electron chi connectivity index (χ1n) is 13.4. The second-order valence-electron chi connectivity index (χ2n) is 9.46. The predicted octanol–water partition coefficient (Wildman–Crippen LogP) is 5.27. The van der Waals surface area contributed by atoms with E-state index in [1.807, 2.05) is 31.2 Å². The van der Waals surface area contributed by atoms with Crippen LogP contribution in [0.1, 0.15) is 25.8 Å². The zero-order valence-corrected chi connectivity index (χ0v) is 27.8. The summed E-state index contributed by atoms with van der Waals surface area (Å²) in [4.78, 5) is 28.4. The molecule has 13 heteroatoms. The van der Waals surface area contributed by atoms with Gasteiger partial charge in [0.2, 0.25) is 11.8 Å². The summed E-state index contributed by atoms with van der Waals surface area (Å²) in [5.41, 5.74) is 0.788. The third kappa shape index (κ3) is 8.33. The fourth-order valence-electron chi connectivity index (χ4n) is 4.29. The standard InChI is InChI=1S/C30H35BrClN3O7S/c1-6-14-33-30(37)20(2)34(18-21-8-7-9-22(31)15-21)29(36)19-35(25-16-23(32)10-12-26(25)40-3)43(38,39)24-11-13-27(41-4)28(17-24)42-5/h7-13,15-17,20H,6,14,18-19H2,1-5H3,(H,33,37)/t20-/m1/s1. The van der Waals surface area contributed by atoms with Crippen molar-refractivity contribution in [3.8, 4) is 17.2 Å². The van der Waals surface area contributed by atoms with Gasteiger partial charge in [0, 0.05) is 28.7 Å². The Balaban J connectivity index is 2.14. The molecule has 0 saturated carbocycles. The fourth-order valence-corrected chi connectivity index (χ4v) is 6.33. The van der Waals surface area contributed by atoms with Gasteiger partial charge < -0.3 is 24.4 Å². The molecule has 43 heavy (non-hydrogen) atoms. The van der Waals surface area contributed by atoms with Crippen LogP contribution in [0.5, 0.6) is 17.2 Å². The molecule has 0 radical (unpaired) electrons. The summed E-state index contributed by atoms with van der Waals surface area (Å²) < 4.78 is 46.3. The van der Waals surface area contributed by atoms with E-state index in [1.54, 1.807) is 13.0 Å². The molecule has 0 unspecified atom stereocenters. The second-order valence-corrected chi connectivity index (χ2v) is 12.7. The van der Waals surface area contributed by atoms with Crippen LogP contribution in [0.3, 0.4) is 0 Å². The van der Waals surface area contributed by atoms with Gasteiger partial charge in [-0.15, -0.1) is 0 Å². The molecule has 0 aliphatic carbocycles. The molecule has 0 aliphatic heterocycles. The molecule has 0 heterocycles. The van der Waals surface area contributed by atoms with Crippen molar-refractivity contribution in [2.75, 3.05) is 38.7 Å². The Morgan fingerprint density at radius 3 is 2.26 bits per heavy atom. The van der Waals surface area contributed by atoms with Gasteiger partial charge in [-0.25, -0.2) is 8.42 Å². The maximum Gasteiger partial charge on any atom is 0.265 e. The van der Waals surface area contributed by atoms with Gasteiger partial charge in [-0.3, -0.25) is 13.9 Å². The molecule has 0 fully saturated rings. The van der Waals surface area contributed by atoms with Gasteiger partial charge in [0.25, 0.3) is 10.0 Å². The van der Waals surface area contributed by atoms with Gasteiger partial charge >= 0.3 is 0 Å². The van der Waals surface area contributed by atoms with Crippen molar-refractivity contribution in [2.45, 2.75) is 37.8 Å². The SMILES string of the molecule is CCCNC(=O)[C@@H](C)N(Cc1cccc(Br)c1)C(=O)CN(c1cc(Cl)ccc1OC)S(=O)(=O)c1ccc(OC)c(OC)c1. The molecular formula is C30H35BrClN3O7S. The highest BCUT2D eigenvalue weighted by atomic mass is 79.9. The van der Waals surface area contributed by atoms with E-state index >= 15 is 0 Å². The molecule has 0 aromatic heterocycles. The van der Waals surface area contributed by atoms with Crippen molar-refractivity contribution in [2.24, 2.45) is 0 Å². The van der Waals surface area contributed by atoms with Crippen LogP contribution in [0.15, 0.2) is 70.0 Å². The number of nitrogens with zero attached hydrogens (tertiary/aromatic N) is 2. The molecule has 232 valence electrons. The largest absolute Gasteiger partial charge is 0.495 e. The first-order chi connectivity index (χ1) is 20.5. The highest BCUT2D eigenvalue weighted by Crippen LogP contribution is 2.37. The number of hydrogen-bond donors (Lipinski definition) is 1. The minimum absolute atomic E-state index is 0.0450. The van der Waals surface area contributed by atoms with Gasteiger partial charge in [0.05, 0.1) is 31.9 Å². The fraction of sp³-hybridized carbons (Fsp3) is 0.333. The van der Waals surface area contributed by atoms with Crippen molar-refractivity contribution < 1.29 is 32.2 Å². The number of carbonyl (C=O) groups excluding carboxylic acids is 2. The monoisotopic (exact) mass is 695 g/mol. The van der Waals surface area contributed by atoms with Gasteiger partial charge in [-0.05, 0) is 61.4 Å². The van der Waals surface area contributed by atoms with E-state index in [0.717, 1.165) is 14.3 Å². The van der Waals surface area contributed by atoms with E-state index < -0.39 is 28.5 Å². The van der Waals surface area contributed by atoms with E-state index in [-0.39, 0.29) is 39.6 Å². The molecule has 0 spiro atoms. The molecule has 3 aromatic carbocycles. The van der Waals surface area contributed by atoms with Crippen LogP contribution in [0.2, 0.25) is 5.02 Å². The number of anilines is 1. The Morgan fingerprint density at radius 1 is 0.953 bits per heavy atom. The van der Waals surface area contributed by atoms with Gasteiger partial charge in [0.1, 0.15) is 18.3 Å². The van der Waals surface area contributed by atoms with Crippen LogP contribution in [0, 0.1) is 0 Å². The third-order valence-electron chi connectivity index (χ3n) is 6.59. The zero-order chi connectivity index (χ0) is 31.7. The molecule has 1 atom stereocenters. The molecule has 0 saturated heterocycles. The Morgan fingerprint density at radius 2 is 1.63 bits per heavy atom. The number of hydrogen-bond acceptors (Lipinski definition) is 7. The highest BCUT2D eigenvalue weighted by Gasteiger charge is 2.34. The number of methoxy groups -OCH3 is 3. The van der Waals surface area contributed by atoms with E-state index in [0.29, 0.717) is 18.7 Å². The van der Waals surface area contributed by atoms with E-state index in [4.69, 9.17) is 25.8 Å². The molecule has 0 bridgehead atoms. The summed E-state index contributed by atoms with van der Waals surface area (Å²) >= 11 is 9.74. The Kier molecular flexibility index (Phi) is 12.1. The summed E-state index contributed by atoms with van der Waals surface area (Å²) in [6.45, 7) is 3.35. The van der Waals surface area contributed by atoms with Crippen molar-refractivity contribution in [1.82, 2.24) is 10.2 Å². The minimum Gasteiger partial charge on any atom is -0.495 e. The highest BCUT2D eigenvalue weighted by molar-refractivity contribution is 9.10. The summed E-state index contributed by atoms with van der Waals surface area (Å²) in [7, 11) is -0.216. The predicted molar refractivity (Wildman–Crippen MR) is 170 cm³/mol.